The van der Waals surface area contributed by atoms with Gasteiger partial charge in [0.25, 0.3) is 0 Å². The molecule has 2 atom stereocenters. The predicted octanol–water partition coefficient (Wildman–Crippen LogP) is 1.80. The van der Waals surface area contributed by atoms with E-state index >= 15 is 0 Å². The van der Waals surface area contributed by atoms with Gasteiger partial charge in [-0.2, -0.15) is 0 Å². The number of ether oxygens (including phenoxy) is 2. The van der Waals surface area contributed by atoms with Gasteiger partial charge in [-0.25, -0.2) is 14.4 Å². The summed E-state index contributed by atoms with van der Waals surface area (Å²) in [6.07, 6.45) is -0.524. The van der Waals surface area contributed by atoms with Crippen LogP contribution in [0.2, 0.25) is 0 Å². The molecule has 0 aliphatic rings. The molecule has 2 unspecified atom stereocenters. The highest BCUT2D eigenvalue weighted by Crippen LogP contribution is 2.24. The van der Waals surface area contributed by atoms with E-state index in [1.165, 1.54) is 13.8 Å². The van der Waals surface area contributed by atoms with Crippen LogP contribution in [0.15, 0.2) is 37.5 Å². The standard InChI is InChI=1S/C15H21NO6/c1-7-10(17)21-12(9(3)4)13(16-14(19)20)15(5,6)22-11(18)8-2/h7-8,12-13,16H,1-3H2,4-6H3,(H,19,20). The van der Waals surface area contributed by atoms with E-state index in [1.807, 2.05) is 0 Å². The van der Waals surface area contributed by atoms with Gasteiger partial charge >= 0.3 is 18.0 Å². The lowest BCUT2D eigenvalue weighted by Crippen LogP contribution is -2.58. The first-order valence-corrected chi connectivity index (χ1v) is 6.38. The fraction of sp³-hybridized carbons (Fsp3) is 0.400. The van der Waals surface area contributed by atoms with Gasteiger partial charge in [-0.1, -0.05) is 19.7 Å². The second-order valence-electron chi connectivity index (χ2n) is 5.06. The van der Waals surface area contributed by atoms with Crippen molar-refractivity contribution in [3.05, 3.63) is 37.5 Å². The summed E-state index contributed by atoms with van der Waals surface area (Å²) in [5, 5.41) is 11.2. The molecular weight excluding hydrogens is 290 g/mol. The Labute approximate surface area is 129 Å². The van der Waals surface area contributed by atoms with E-state index in [0.717, 1.165) is 12.2 Å². The summed E-state index contributed by atoms with van der Waals surface area (Å²) >= 11 is 0. The van der Waals surface area contributed by atoms with E-state index < -0.39 is 35.8 Å². The molecule has 122 valence electrons. The van der Waals surface area contributed by atoms with Gasteiger partial charge in [-0.3, -0.25) is 0 Å². The maximum Gasteiger partial charge on any atom is 0.405 e. The number of hydrogen-bond donors (Lipinski definition) is 2. The fourth-order valence-electron chi connectivity index (χ4n) is 1.74. The van der Waals surface area contributed by atoms with Crippen LogP contribution in [0.3, 0.4) is 0 Å². The third kappa shape index (κ3) is 5.82. The zero-order valence-electron chi connectivity index (χ0n) is 12.9. The first kappa shape index (κ1) is 19.4. The topological polar surface area (TPSA) is 102 Å². The average molecular weight is 311 g/mol. The molecule has 0 saturated heterocycles. The molecule has 0 aliphatic heterocycles. The number of carboxylic acid groups (broad SMARTS) is 1. The van der Waals surface area contributed by atoms with Gasteiger partial charge < -0.3 is 19.9 Å². The van der Waals surface area contributed by atoms with Crippen molar-refractivity contribution in [2.75, 3.05) is 0 Å². The van der Waals surface area contributed by atoms with Crippen molar-refractivity contribution in [1.82, 2.24) is 5.32 Å². The molecule has 0 aromatic heterocycles. The monoisotopic (exact) mass is 311 g/mol. The third-order valence-corrected chi connectivity index (χ3v) is 2.76. The Kier molecular flexibility index (Phi) is 7.08. The average Bonchev–Trinajstić information content (AvgIpc) is 2.40. The molecule has 2 N–H and O–H groups in total. The smallest absolute Gasteiger partial charge is 0.405 e. The molecule has 22 heavy (non-hydrogen) atoms. The Morgan fingerprint density at radius 1 is 1.18 bits per heavy atom. The van der Waals surface area contributed by atoms with Gasteiger partial charge in [0.1, 0.15) is 17.7 Å². The lowest BCUT2D eigenvalue weighted by Gasteiger charge is -2.38. The molecule has 0 heterocycles. The summed E-state index contributed by atoms with van der Waals surface area (Å²) < 4.78 is 10.3. The SMILES string of the molecule is C=CC(=O)OC(C(=C)C)C(NC(=O)O)C(C)(C)OC(=O)C=C. The molecule has 0 rings (SSSR count). The minimum Gasteiger partial charge on any atom is -0.465 e. The van der Waals surface area contributed by atoms with Crippen LogP contribution in [-0.4, -0.2) is 40.9 Å². The Bertz CT molecular complexity index is 494. The maximum atomic E-state index is 11.4. The van der Waals surface area contributed by atoms with Crippen LogP contribution in [0.4, 0.5) is 4.79 Å². The zero-order chi connectivity index (χ0) is 17.5. The summed E-state index contributed by atoms with van der Waals surface area (Å²) in [6.45, 7) is 14.8. The normalized spacial score (nSPS) is 13.2. The van der Waals surface area contributed by atoms with Crippen LogP contribution < -0.4 is 5.32 Å². The molecular formula is C15H21NO6. The quantitative estimate of drug-likeness (QED) is 0.402. The molecule has 0 aromatic rings. The van der Waals surface area contributed by atoms with Crippen molar-refractivity contribution in [2.24, 2.45) is 0 Å². The first-order valence-electron chi connectivity index (χ1n) is 6.38. The number of carbonyl (C=O) groups excluding carboxylic acids is 2. The highest BCUT2D eigenvalue weighted by Gasteiger charge is 2.42. The predicted molar refractivity (Wildman–Crippen MR) is 80.2 cm³/mol. The Balaban J connectivity index is 5.62. The van der Waals surface area contributed by atoms with E-state index in [1.54, 1.807) is 6.92 Å². The van der Waals surface area contributed by atoms with Crippen molar-refractivity contribution < 1.29 is 29.0 Å². The molecule has 0 radical (unpaired) electrons. The van der Waals surface area contributed by atoms with Crippen LogP contribution in [0, 0.1) is 0 Å². The Morgan fingerprint density at radius 3 is 2.05 bits per heavy atom. The van der Waals surface area contributed by atoms with Gasteiger partial charge in [-0.05, 0) is 26.3 Å². The molecule has 1 amide bonds. The van der Waals surface area contributed by atoms with E-state index in [4.69, 9.17) is 14.6 Å². The summed E-state index contributed by atoms with van der Waals surface area (Å²) in [5.41, 5.74) is -0.953. The lowest BCUT2D eigenvalue weighted by atomic mass is 9.90. The molecule has 7 heteroatoms. The Morgan fingerprint density at radius 2 is 1.68 bits per heavy atom. The van der Waals surface area contributed by atoms with Gasteiger partial charge in [0.2, 0.25) is 0 Å². The molecule has 0 aliphatic carbocycles. The van der Waals surface area contributed by atoms with Crippen molar-refractivity contribution >= 4 is 18.0 Å². The van der Waals surface area contributed by atoms with E-state index in [2.05, 4.69) is 25.1 Å². The number of hydrogen-bond acceptors (Lipinski definition) is 5. The number of rotatable bonds is 8. The van der Waals surface area contributed by atoms with E-state index in [0.29, 0.717) is 5.57 Å². The maximum absolute atomic E-state index is 11.4. The number of carbonyl (C=O) groups is 3. The highest BCUT2D eigenvalue weighted by atomic mass is 16.6. The molecule has 0 bridgehead atoms. The number of amides is 1. The summed E-state index contributed by atoms with van der Waals surface area (Å²) in [6, 6.07) is -1.07. The van der Waals surface area contributed by atoms with Crippen LogP contribution in [-0.2, 0) is 19.1 Å². The number of nitrogens with one attached hydrogen (secondary N) is 1. The molecule has 7 nitrogen and oxygen atoms in total. The van der Waals surface area contributed by atoms with Gasteiger partial charge in [0, 0.05) is 12.2 Å². The van der Waals surface area contributed by atoms with Crippen LogP contribution in [0.1, 0.15) is 20.8 Å². The first-order chi connectivity index (χ1) is 10.0. The largest absolute Gasteiger partial charge is 0.465 e. The lowest BCUT2D eigenvalue weighted by molar-refractivity contribution is -0.159. The van der Waals surface area contributed by atoms with Crippen molar-refractivity contribution in [2.45, 2.75) is 38.5 Å². The molecule has 0 spiro atoms. The van der Waals surface area contributed by atoms with Crippen molar-refractivity contribution in [3.8, 4) is 0 Å². The second-order valence-corrected chi connectivity index (χ2v) is 5.06. The third-order valence-electron chi connectivity index (χ3n) is 2.76. The zero-order valence-corrected chi connectivity index (χ0v) is 12.9. The second kappa shape index (κ2) is 8.02. The Hall–Kier alpha value is -2.57. The van der Waals surface area contributed by atoms with Crippen molar-refractivity contribution in [3.63, 3.8) is 0 Å². The summed E-state index contributed by atoms with van der Waals surface area (Å²) in [5.74, 6) is -1.49. The molecule has 0 fully saturated rings. The minimum atomic E-state index is -1.37. The molecule has 0 aromatic carbocycles. The highest BCUT2D eigenvalue weighted by molar-refractivity contribution is 5.82. The van der Waals surface area contributed by atoms with Gasteiger partial charge in [0.15, 0.2) is 0 Å². The summed E-state index contributed by atoms with van der Waals surface area (Å²) in [7, 11) is 0. The minimum absolute atomic E-state index is 0.372. The van der Waals surface area contributed by atoms with Crippen molar-refractivity contribution in [1.29, 1.82) is 0 Å². The van der Waals surface area contributed by atoms with Gasteiger partial charge in [0.05, 0.1) is 0 Å². The van der Waals surface area contributed by atoms with Gasteiger partial charge in [-0.15, -0.1) is 0 Å². The van der Waals surface area contributed by atoms with Crippen LogP contribution in [0.5, 0.6) is 0 Å². The molecule has 0 saturated carbocycles. The fourth-order valence-corrected chi connectivity index (χ4v) is 1.74. The van der Waals surface area contributed by atoms with Crippen LogP contribution >= 0.6 is 0 Å². The number of esters is 2. The van der Waals surface area contributed by atoms with E-state index in [9.17, 15) is 14.4 Å². The summed E-state index contributed by atoms with van der Waals surface area (Å²) in [4.78, 5) is 33.9. The van der Waals surface area contributed by atoms with E-state index in [-0.39, 0.29) is 0 Å². The van der Waals surface area contributed by atoms with Crippen LogP contribution in [0.25, 0.3) is 0 Å².